The molecular weight excluding hydrogens is 358 g/mol. The summed E-state index contributed by atoms with van der Waals surface area (Å²) < 4.78 is 18.0. The molecule has 0 fully saturated rings. The number of rotatable bonds is 8. The van der Waals surface area contributed by atoms with E-state index in [1.807, 2.05) is 42.0 Å². The Morgan fingerprint density at radius 3 is 2.39 bits per heavy atom. The fraction of sp³-hybridized carbons (Fsp3) is 0.238. The van der Waals surface area contributed by atoms with Gasteiger partial charge in [-0.3, -0.25) is 4.79 Å². The van der Waals surface area contributed by atoms with Gasteiger partial charge in [0.2, 0.25) is 0 Å². The Hall–Kier alpha value is -3.48. The van der Waals surface area contributed by atoms with E-state index in [0.29, 0.717) is 23.8 Å². The van der Waals surface area contributed by atoms with E-state index in [9.17, 15) is 4.79 Å². The summed E-state index contributed by atoms with van der Waals surface area (Å²) >= 11 is 0. The molecule has 0 saturated heterocycles. The molecule has 2 aromatic carbocycles. The number of nitrogens with one attached hydrogen (secondary N) is 1. The van der Waals surface area contributed by atoms with Crippen LogP contribution < -0.4 is 19.5 Å². The lowest BCUT2D eigenvalue weighted by Crippen LogP contribution is -2.28. The van der Waals surface area contributed by atoms with Gasteiger partial charge in [-0.2, -0.15) is 0 Å². The Morgan fingerprint density at radius 1 is 1.07 bits per heavy atom. The van der Waals surface area contributed by atoms with Crippen LogP contribution in [0, 0.1) is 6.92 Å². The van der Waals surface area contributed by atoms with Crippen LogP contribution in [-0.2, 0) is 11.3 Å². The third-order valence-corrected chi connectivity index (χ3v) is 4.25. The zero-order chi connectivity index (χ0) is 19.9. The number of aryl methyl sites for hydroxylation is 1. The average Bonchev–Trinajstić information content (AvgIpc) is 3.16. The van der Waals surface area contributed by atoms with Crippen LogP contribution in [0.5, 0.6) is 17.2 Å². The molecule has 1 N–H and O–H groups in total. The topological polar surface area (TPSA) is 74.6 Å². The Bertz CT molecular complexity index is 930. The first-order valence-electron chi connectivity index (χ1n) is 8.81. The number of ether oxygens (including phenoxy) is 3. The van der Waals surface area contributed by atoms with Gasteiger partial charge >= 0.3 is 0 Å². The molecule has 1 heterocycles. The molecule has 0 unspecified atom stereocenters. The summed E-state index contributed by atoms with van der Waals surface area (Å²) in [7, 11) is 3.12. The third-order valence-electron chi connectivity index (χ3n) is 4.25. The summed E-state index contributed by atoms with van der Waals surface area (Å²) in [4.78, 5) is 16.5. The first kappa shape index (κ1) is 19.3. The van der Waals surface area contributed by atoms with Crippen molar-refractivity contribution in [3.05, 3.63) is 66.2 Å². The zero-order valence-electron chi connectivity index (χ0n) is 16.1. The highest BCUT2D eigenvalue weighted by molar-refractivity contribution is 5.77. The number of nitrogens with zero attached hydrogens (tertiary/aromatic N) is 2. The minimum Gasteiger partial charge on any atom is -0.496 e. The van der Waals surface area contributed by atoms with E-state index in [-0.39, 0.29) is 12.5 Å². The van der Waals surface area contributed by atoms with Crippen molar-refractivity contribution in [3.8, 4) is 22.9 Å². The van der Waals surface area contributed by atoms with E-state index in [0.717, 1.165) is 17.1 Å². The normalized spacial score (nSPS) is 10.4. The number of para-hydroxylation sites is 1. The summed E-state index contributed by atoms with van der Waals surface area (Å²) in [5.41, 5.74) is 1.97. The molecule has 0 aliphatic carbocycles. The predicted molar refractivity (Wildman–Crippen MR) is 105 cm³/mol. The lowest BCUT2D eigenvalue weighted by Gasteiger charge is -2.13. The molecule has 0 atom stereocenters. The van der Waals surface area contributed by atoms with Gasteiger partial charge < -0.3 is 24.1 Å². The van der Waals surface area contributed by atoms with Crippen LogP contribution in [0.3, 0.4) is 0 Å². The van der Waals surface area contributed by atoms with Gasteiger partial charge in [-0.15, -0.1) is 0 Å². The Labute approximate surface area is 163 Å². The summed E-state index contributed by atoms with van der Waals surface area (Å²) in [5, 5.41) is 2.89. The van der Waals surface area contributed by atoms with E-state index in [1.165, 1.54) is 0 Å². The van der Waals surface area contributed by atoms with Crippen molar-refractivity contribution in [2.24, 2.45) is 0 Å². The molecule has 3 rings (SSSR count). The van der Waals surface area contributed by atoms with Gasteiger partial charge in [-0.25, -0.2) is 4.98 Å². The molecule has 0 radical (unpaired) electrons. The predicted octanol–water partition coefficient (Wildman–Crippen LogP) is 2.89. The second kappa shape index (κ2) is 8.94. The van der Waals surface area contributed by atoms with Crippen molar-refractivity contribution in [2.75, 3.05) is 20.8 Å². The minimum atomic E-state index is -0.223. The highest BCUT2D eigenvalue weighted by Crippen LogP contribution is 2.27. The molecule has 0 bridgehead atoms. The van der Waals surface area contributed by atoms with Crippen LogP contribution in [0.15, 0.2) is 54.9 Å². The summed E-state index contributed by atoms with van der Waals surface area (Å²) in [5.74, 6) is 2.35. The number of hydrogen-bond donors (Lipinski definition) is 1. The number of methoxy groups -OCH3 is 2. The second-order valence-electron chi connectivity index (χ2n) is 6.09. The van der Waals surface area contributed by atoms with Crippen LogP contribution in [0.25, 0.3) is 5.69 Å². The van der Waals surface area contributed by atoms with Crippen LogP contribution in [0.1, 0.15) is 11.4 Å². The Kier molecular flexibility index (Phi) is 6.16. The van der Waals surface area contributed by atoms with Crippen LogP contribution in [0.2, 0.25) is 0 Å². The van der Waals surface area contributed by atoms with Crippen molar-refractivity contribution in [3.63, 3.8) is 0 Å². The zero-order valence-corrected chi connectivity index (χ0v) is 16.1. The van der Waals surface area contributed by atoms with Crippen molar-refractivity contribution in [2.45, 2.75) is 13.5 Å². The first-order chi connectivity index (χ1) is 13.6. The van der Waals surface area contributed by atoms with Gasteiger partial charge in [0, 0.05) is 37.1 Å². The quantitative estimate of drug-likeness (QED) is 0.649. The number of benzene rings is 2. The largest absolute Gasteiger partial charge is 0.496 e. The van der Waals surface area contributed by atoms with E-state index in [1.54, 1.807) is 38.6 Å². The average molecular weight is 381 g/mol. The maximum atomic E-state index is 12.2. The van der Waals surface area contributed by atoms with E-state index in [4.69, 9.17) is 14.2 Å². The van der Waals surface area contributed by atoms with Crippen molar-refractivity contribution >= 4 is 5.91 Å². The Morgan fingerprint density at radius 2 is 1.75 bits per heavy atom. The standard InChI is InChI=1S/C21H23N3O4/c1-15-22-8-9-24(15)20-7-5-4-6-16(20)13-23-21(25)14-28-19-11-17(26-2)10-18(12-19)27-3/h4-12H,13-14H2,1-3H3,(H,23,25). The van der Waals surface area contributed by atoms with E-state index < -0.39 is 0 Å². The smallest absolute Gasteiger partial charge is 0.258 e. The van der Waals surface area contributed by atoms with Gasteiger partial charge in [0.05, 0.1) is 19.9 Å². The molecule has 0 saturated carbocycles. The second-order valence-corrected chi connectivity index (χ2v) is 6.09. The molecule has 3 aromatic rings. The van der Waals surface area contributed by atoms with E-state index in [2.05, 4.69) is 10.3 Å². The number of imidazole rings is 1. The van der Waals surface area contributed by atoms with Gasteiger partial charge in [-0.05, 0) is 18.6 Å². The number of hydrogen-bond acceptors (Lipinski definition) is 5. The molecule has 0 spiro atoms. The molecule has 1 amide bonds. The number of carbonyl (C=O) groups excluding carboxylic acids is 1. The maximum Gasteiger partial charge on any atom is 0.258 e. The van der Waals surface area contributed by atoms with Crippen molar-refractivity contribution < 1.29 is 19.0 Å². The molecule has 7 nitrogen and oxygen atoms in total. The SMILES string of the molecule is COc1cc(OC)cc(OCC(=O)NCc2ccccc2-n2ccnc2C)c1. The van der Waals surface area contributed by atoms with Gasteiger partial charge in [0.1, 0.15) is 23.1 Å². The summed E-state index contributed by atoms with van der Waals surface area (Å²) in [6, 6.07) is 13.0. The molecule has 0 aliphatic heterocycles. The van der Waals surface area contributed by atoms with E-state index >= 15 is 0 Å². The first-order valence-corrected chi connectivity index (χ1v) is 8.81. The molecule has 146 valence electrons. The highest BCUT2D eigenvalue weighted by atomic mass is 16.5. The summed E-state index contributed by atoms with van der Waals surface area (Å²) in [6.45, 7) is 2.21. The molecule has 1 aromatic heterocycles. The lowest BCUT2D eigenvalue weighted by molar-refractivity contribution is -0.123. The maximum absolute atomic E-state index is 12.2. The van der Waals surface area contributed by atoms with Crippen LogP contribution in [0.4, 0.5) is 0 Å². The minimum absolute atomic E-state index is 0.109. The molecule has 7 heteroatoms. The van der Waals surface area contributed by atoms with Crippen molar-refractivity contribution in [1.29, 1.82) is 0 Å². The fourth-order valence-electron chi connectivity index (χ4n) is 2.79. The van der Waals surface area contributed by atoms with Gasteiger partial charge in [0.15, 0.2) is 6.61 Å². The lowest BCUT2D eigenvalue weighted by atomic mass is 10.1. The Balaban J connectivity index is 1.61. The fourth-order valence-corrected chi connectivity index (χ4v) is 2.79. The number of carbonyl (C=O) groups is 1. The molecule has 0 aliphatic rings. The van der Waals surface area contributed by atoms with Crippen LogP contribution in [-0.4, -0.2) is 36.3 Å². The van der Waals surface area contributed by atoms with Crippen LogP contribution >= 0.6 is 0 Å². The van der Waals surface area contributed by atoms with Gasteiger partial charge in [-0.1, -0.05) is 18.2 Å². The number of amides is 1. The van der Waals surface area contributed by atoms with Crippen molar-refractivity contribution in [1.82, 2.24) is 14.9 Å². The highest BCUT2D eigenvalue weighted by Gasteiger charge is 2.09. The number of aromatic nitrogens is 2. The van der Waals surface area contributed by atoms with Gasteiger partial charge in [0.25, 0.3) is 5.91 Å². The summed E-state index contributed by atoms with van der Waals surface area (Å²) in [6.07, 6.45) is 3.65. The monoisotopic (exact) mass is 381 g/mol. The molecule has 28 heavy (non-hydrogen) atoms. The third kappa shape index (κ3) is 4.62. The molecular formula is C21H23N3O4.